The van der Waals surface area contributed by atoms with Crippen LogP contribution in [-0.2, 0) is 0 Å². The summed E-state index contributed by atoms with van der Waals surface area (Å²) in [7, 11) is 0. The quantitative estimate of drug-likeness (QED) is 0.128. The summed E-state index contributed by atoms with van der Waals surface area (Å²) in [6.07, 6.45) is 2.26. The molecule has 0 spiro atoms. The first-order chi connectivity index (χ1) is 27.3. The number of rotatable bonds is 6. The van der Waals surface area contributed by atoms with Crippen LogP contribution in [-0.4, -0.2) is 0 Å². The summed E-state index contributed by atoms with van der Waals surface area (Å²) in [5, 5.41) is 9.07. The maximum atomic E-state index is 6.98. The van der Waals surface area contributed by atoms with Crippen LogP contribution >= 0.6 is 0 Å². The van der Waals surface area contributed by atoms with Crippen molar-refractivity contribution in [2.45, 2.75) is 0 Å². The number of hydrogen-bond donors (Lipinski definition) is 0. The van der Waals surface area contributed by atoms with Gasteiger partial charge in [0.1, 0.15) is 22.3 Å². The fourth-order valence-electron chi connectivity index (χ4n) is 8.36. The molecule has 9 aromatic carbocycles. The number of nitrogens with zero attached hydrogens (tertiary/aromatic N) is 1. The molecule has 0 unspecified atom stereocenters. The minimum absolute atomic E-state index is 0.831. The lowest BCUT2D eigenvalue weighted by atomic mass is 9.94. The molecular formula is C52H33NO2. The van der Waals surface area contributed by atoms with Gasteiger partial charge in [-0.25, -0.2) is 0 Å². The molecule has 0 aliphatic carbocycles. The van der Waals surface area contributed by atoms with Gasteiger partial charge >= 0.3 is 0 Å². The topological polar surface area (TPSA) is 29.5 Å². The second-order valence-corrected chi connectivity index (χ2v) is 14.0. The van der Waals surface area contributed by atoms with Crippen LogP contribution < -0.4 is 4.90 Å². The summed E-state index contributed by atoms with van der Waals surface area (Å²) in [6, 6.07) is 68.6. The van der Waals surface area contributed by atoms with Gasteiger partial charge in [-0.05, 0) is 81.4 Å². The van der Waals surface area contributed by atoms with Crippen molar-refractivity contribution in [2.24, 2.45) is 0 Å². The van der Waals surface area contributed by atoms with Gasteiger partial charge in [0, 0.05) is 32.8 Å². The molecule has 11 rings (SSSR count). The van der Waals surface area contributed by atoms with Gasteiger partial charge in [0.05, 0.1) is 16.8 Å². The standard InChI is InChI=1S/C52H33NO2/c1-3-15-34(16-4-1)31-44(35-17-5-2-6-18-35)42-24-13-25-43-51-46(26-14-28-50(51)55-52(42)43)53(37-29-30-49-45(33-37)41-23-11-12-27-48(41)54-49)47-32-36-19-7-8-20-38(36)39-21-9-10-22-40(39)47/h1-33H/b44-31-. The van der Waals surface area contributed by atoms with E-state index < -0.39 is 0 Å². The van der Waals surface area contributed by atoms with Gasteiger partial charge in [-0.1, -0.05) is 152 Å². The van der Waals surface area contributed by atoms with Crippen molar-refractivity contribution < 1.29 is 8.83 Å². The molecule has 0 N–H and O–H groups in total. The summed E-state index contributed by atoms with van der Waals surface area (Å²) in [6.45, 7) is 0. The first-order valence-electron chi connectivity index (χ1n) is 18.7. The van der Waals surface area contributed by atoms with E-state index in [1.807, 2.05) is 12.1 Å². The molecule has 0 bridgehead atoms. The largest absolute Gasteiger partial charge is 0.456 e. The van der Waals surface area contributed by atoms with Gasteiger partial charge in [-0.2, -0.15) is 0 Å². The third kappa shape index (κ3) is 5.13. The first kappa shape index (κ1) is 31.2. The average Bonchev–Trinajstić information content (AvgIpc) is 3.83. The van der Waals surface area contributed by atoms with E-state index in [9.17, 15) is 0 Å². The lowest BCUT2D eigenvalue weighted by Gasteiger charge is -2.28. The number of anilines is 3. The van der Waals surface area contributed by atoms with E-state index in [0.717, 1.165) is 83.2 Å². The molecule has 0 aliphatic heterocycles. The van der Waals surface area contributed by atoms with Crippen molar-refractivity contribution in [2.75, 3.05) is 4.90 Å². The van der Waals surface area contributed by atoms with Gasteiger partial charge < -0.3 is 13.7 Å². The van der Waals surface area contributed by atoms with Crippen LogP contribution in [0.1, 0.15) is 16.7 Å². The smallest absolute Gasteiger partial charge is 0.143 e. The molecule has 0 fully saturated rings. The van der Waals surface area contributed by atoms with Crippen molar-refractivity contribution in [1.29, 1.82) is 0 Å². The van der Waals surface area contributed by atoms with Crippen LogP contribution in [0.25, 0.3) is 77.1 Å². The van der Waals surface area contributed by atoms with E-state index in [2.05, 4.69) is 193 Å². The van der Waals surface area contributed by atoms with Gasteiger partial charge in [0.2, 0.25) is 0 Å². The third-order valence-electron chi connectivity index (χ3n) is 10.8. The predicted octanol–water partition coefficient (Wildman–Crippen LogP) is 14.9. The maximum Gasteiger partial charge on any atom is 0.143 e. The van der Waals surface area contributed by atoms with Crippen LogP contribution in [0.2, 0.25) is 0 Å². The molecule has 0 amide bonds. The number of benzene rings is 9. The van der Waals surface area contributed by atoms with Gasteiger partial charge in [0.25, 0.3) is 0 Å². The highest BCUT2D eigenvalue weighted by Gasteiger charge is 2.24. The van der Waals surface area contributed by atoms with Gasteiger partial charge in [0.15, 0.2) is 0 Å². The van der Waals surface area contributed by atoms with Gasteiger partial charge in [-0.3, -0.25) is 0 Å². The number of para-hydroxylation sites is 2. The fraction of sp³-hybridized carbons (Fsp3) is 0. The Morgan fingerprint density at radius 1 is 0.418 bits per heavy atom. The highest BCUT2D eigenvalue weighted by atomic mass is 16.3. The Bertz CT molecular complexity index is 3260. The molecule has 0 atom stereocenters. The second-order valence-electron chi connectivity index (χ2n) is 14.0. The van der Waals surface area contributed by atoms with Crippen molar-refractivity contribution in [3.05, 3.63) is 211 Å². The molecule has 0 radical (unpaired) electrons. The van der Waals surface area contributed by atoms with Crippen LogP contribution in [0, 0.1) is 0 Å². The Labute approximate surface area is 317 Å². The van der Waals surface area contributed by atoms with Crippen LogP contribution in [0.15, 0.2) is 203 Å². The Kier molecular flexibility index (Phi) is 7.17. The normalized spacial score (nSPS) is 12.1. The number of furan rings is 2. The molecule has 2 aromatic heterocycles. The third-order valence-corrected chi connectivity index (χ3v) is 10.8. The summed E-state index contributed by atoms with van der Waals surface area (Å²) in [5.74, 6) is 0. The molecule has 0 saturated heterocycles. The lowest BCUT2D eigenvalue weighted by Crippen LogP contribution is -2.11. The monoisotopic (exact) mass is 703 g/mol. The van der Waals surface area contributed by atoms with Crippen molar-refractivity contribution >= 4 is 94.1 Å². The molecular weight excluding hydrogens is 671 g/mol. The lowest BCUT2D eigenvalue weighted by molar-refractivity contribution is 0.667. The van der Waals surface area contributed by atoms with E-state index in [1.54, 1.807) is 0 Å². The van der Waals surface area contributed by atoms with Crippen molar-refractivity contribution in [3.8, 4) is 0 Å². The molecule has 3 heteroatoms. The van der Waals surface area contributed by atoms with E-state index in [1.165, 1.54) is 21.5 Å². The van der Waals surface area contributed by atoms with Crippen LogP contribution in [0.4, 0.5) is 17.1 Å². The molecule has 3 nitrogen and oxygen atoms in total. The van der Waals surface area contributed by atoms with E-state index in [4.69, 9.17) is 8.83 Å². The zero-order valence-corrected chi connectivity index (χ0v) is 29.8. The number of hydrogen-bond acceptors (Lipinski definition) is 3. The molecule has 55 heavy (non-hydrogen) atoms. The summed E-state index contributed by atoms with van der Waals surface area (Å²) in [5.41, 5.74) is 11.0. The first-order valence-corrected chi connectivity index (χ1v) is 18.7. The summed E-state index contributed by atoms with van der Waals surface area (Å²) >= 11 is 0. The number of fused-ring (bicyclic) bond motifs is 9. The Morgan fingerprint density at radius 3 is 1.93 bits per heavy atom. The van der Waals surface area contributed by atoms with E-state index in [0.29, 0.717) is 0 Å². The molecule has 2 heterocycles. The summed E-state index contributed by atoms with van der Waals surface area (Å²) < 4.78 is 13.3. The molecule has 11 aromatic rings. The highest BCUT2D eigenvalue weighted by molar-refractivity contribution is 6.20. The summed E-state index contributed by atoms with van der Waals surface area (Å²) in [4.78, 5) is 2.41. The van der Waals surface area contributed by atoms with Gasteiger partial charge in [-0.15, -0.1) is 0 Å². The SMILES string of the molecule is C(=C(\c1ccccc1)c1cccc2c1oc1cccc(N(c3ccc4oc5ccccc5c4c3)c3cc4ccccc4c4ccccc34)c12)/c1ccccc1. The molecule has 0 aliphatic rings. The Morgan fingerprint density at radius 2 is 1.07 bits per heavy atom. The zero-order valence-electron chi connectivity index (χ0n) is 29.8. The highest BCUT2D eigenvalue weighted by Crippen LogP contribution is 2.48. The average molecular weight is 704 g/mol. The predicted molar refractivity (Wildman–Crippen MR) is 231 cm³/mol. The Hall–Kier alpha value is -7.36. The van der Waals surface area contributed by atoms with Crippen molar-refractivity contribution in [3.63, 3.8) is 0 Å². The minimum atomic E-state index is 0.831. The maximum absolute atomic E-state index is 6.98. The minimum Gasteiger partial charge on any atom is -0.456 e. The van der Waals surface area contributed by atoms with Crippen LogP contribution in [0.5, 0.6) is 0 Å². The van der Waals surface area contributed by atoms with E-state index in [-0.39, 0.29) is 0 Å². The van der Waals surface area contributed by atoms with Crippen molar-refractivity contribution in [1.82, 2.24) is 0 Å². The van der Waals surface area contributed by atoms with Crippen LogP contribution in [0.3, 0.4) is 0 Å². The second kappa shape index (κ2) is 12.6. The fourth-order valence-corrected chi connectivity index (χ4v) is 8.36. The van der Waals surface area contributed by atoms with E-state index >= 15 is 0 Å². The molecule has 0 saturated carbocycles. The molecule has 258 valence electrons. The Balaban J connectivity index is 1.22. The zero-order chi connectivity index (χ0) is 36.3.